The van der Waals surface area contributed by atoms with E-state index in [0.717, 1.165) is 11.6 Å². The Morgan fingerprint density at radius 2 is 2.10 bits per heavy atom. The maximum atomic E-state index is 10.9. The van der Waals surface area contributed by atoms with E-state index in [-0.39, 0.29) is 10.6 Å². The van der Waals surface area contributed by atoms with Crippen molar-refractivity contribution in [1.82, 2.24) is 0 Å². The highest BCUT2D eigenvalue weighted by atomic mass is 79.9. The summed E-state index contributed by atoms with van der Waals surface area (Å²) in [4.78, 5) is 10.5. The number of nitro groups is 1. The smallest absolute Gasteiger partial charge is 0.283 e. The topological polar surface area (TPSA) is 55.2 Å². The molecule has 2 fully saturated rings. The van der Waals surface area contributed by atoms with Gasteiger partial charge in [0.2, 0.25) is 0 Å². The van der Waals surface area contributed by atoms with E-state index in [4.69, 9.17) is 0 Å². The van der Waals surface area contributed by atoms with E-state index >= 15 is 0 Å². The highest BCUT2D eigenvalue weighted by Crippen LogP contribution is 2.65. The number of fused-ring (bicyclic) bond motifs is 2. The number of nitrogens with one attached hydrogen (secondary N) is 1. The molecule has 2 bridgehead atoms. The molecule has 0 spiro atoms. The molecule has 0 aromatic heterocycles. The Balaban J connectivity index is 1.83. The maximum absolute atomic E-state index is 10.9. The van der Waals surface area contributed by atoms with Crippen molar-refractivity contribution in [1.29, 1.82) is 0 Å². The van der Waals surface area contributed by atoms with Crippen LogP contribution in [-0.4, -0.2) is 11.0 Å². The van der Waals surface area contributed by atoms with Gasteiger partial charge in [-0.3, -0.25) is 10.1 Å². The van der Waals surface area contributed by atoms with Crippen LogP contribution >= 0.6 is 15.9 Å². The molecule has 21 heavy (non-hydrogen) atoms. The summed E-state index contributed by atoms with van der Waals surface area (Å²) in [5.41, 5.74) is 1.73. The van der Waals surface area contributed by atoms with Gasteiger partial charge >= 0.3 is 0 Å². The number of nitrogens with zero attached hydrogens (tertiary/aromatic N) is 1. The van der Waals surface area contributed by atoms with E-state index in [0.29, 0.717) is 21.3 Å². The second-order valence-corrected chi connectivity index (χ2v) is 8.09. The zero-order valence-electron chi connectivity index (χ0n) is 12.6. The average molecular weight is 353 g/mol. The third-order valence-electron chi connectivity index (χ3n) is 6.28. The van der Waals surface area contributed by atoms with Crippen molar-refractivity contribution in [3.05, 3.63) is 32.8 Å². The van der Waals surface area contributed by atoms with Gasteiger partial charge < -0.3 is 5.32 Å². The molecule has 0 radical (unpaired) electrons. The van der Waals surface area contributed by atoms with Gasteiger partial charge in [0.25, 0.3) is 5.69 Å². The Hall–Kier alpha value is -1.10. The third kappa shape index (κ3) is 2.08. The Bertz CT molecular complexity index is 602. The standard InChI is InChI=1S/C16H21BrN2O2/c1-15(2)10-6-7-16(15,3)14(8-10)18-11-4-5-13(19(20)21)12(17)9-11/h4-5,9-10,14,18H,6-8H2,1-3H3. The molecule has 3 atom stereocenters. The summed E-state index contributed by atoms with van der Waals surface area (Å²) in [7, 11) is 0. The second kappa shape index (κ2) is 4.70. The van der Waals surface area contributed by atoms with E-state index in [9.17, 15) is 10.1 Å². The normalized spacial score (nSPS) is 33.1. The maximum Gasteiger partial charge on any atom is 0.283 e. The van der Waals surface area contributed by atoms with Gasteiger partial charge in [-0.25, -0.2) is 0 Å². The minimum Gasteiger partial charge on any atom is -0.382 e. The largest absolute Gasteiger partial charge is 0.382 e. The molecule has 2 saturated carbocycles. The number of anilines is 1. The Morgan fingerprint density at radius 1 is 1.38 bits per heavy atom. The lowest BCUT2D eigenvalue weighted by Gasteiger charge is -2.40. The van der Waals surface area contributed by atoms with Crippen LogP contribution in [0.4, 0.5) is 11.4 Å². The van der Waals surface area contributed by atoms with Crippen LogP contribution in [0.5, 0.6) is 0 Å². The van der Waals surface area contributed by atoms with Crippen LogP contribution in [0.15, 0.2) is 22.7 Å². The van der Waals surface area contributed by atoms with E-state index in [1.54, 1.807) is 6.07 Å². The van der Waals surface area contributed by atoms with Crippen LogP contribution in [0.2, 0.25) is 0 Å². The van der Waals surface area contributed by atoms with Crippen LogP contribution in [0.1, 0.15) is 40.0 Å². The molecule has 4 nitrogen and oxygen atoms in total. The second-order valence-electron chi connectivity index (χ2n) is 7.23. The molecular weight excluding hydrogens is 332 g/mol. The van der Waals surface area contributed by atoms with Gasteiger partial charge in [0, 0.05) is 17.8 Å². The monoisotopic (exact) mass is 352 g/mol. The lowest BCUT2D eigenvalue weighted by Crippen LogP contribution is -2.40. The quantitative estimate of drug-likeness (QED) is 0.616. The predicted molar refractivity (Wildman–Crippen MR) is 87.4 cm³/mol. The first-order valence-electron chi connectivity index (χ1n) is 7.46. The van der Waals surface area contributed by atoms with Gasteiger partial charge in [-0.1, -0.05) is 20.8 Å². The highest BCUT2D eigenvalue weighted by Gasteiger charge is 2.61. The number of rotatable bonds is 3. The van der Waals surface area contributed by atoms with Crippen LogP contribution in [0.25, 0.3) is 0 Å². The van der Waals surface area contributed by atoms with Gasteiger partial charge in [0.05, 0.1) is 9.40 Å². The zero-order chi connectivity index (χ0) is 15.4. The van der Waals surface area contributed by atoms with Crippen LogP contribution < -0.4 is 5.32 Å². The van der Waals surface area contributed by atoms with Crippen molar-refractivity contribution in [2.45, 2.75) is 46.1 Å². The molecule has 0 saturated heterocycles. The van der Waals surface area contributed by atoms with Gasteiger partial charge in [-0.15, -0.1) is 0 Å². The molecule has 3 rings (SSSR count). The summed E-state index contributed by atoms with van der Waals surface area (Å²) < 4.78 is 0.532. The predicted octanol–water partition coefficient (Wildman–Crippen LogP) is 4.98. The summed E-state index contributed by atoms with van der Waals surface area (Å²) in [5, 5.41) is 14.5. The van der Waals surface area contributed by atoms with Crippen LogP contribution in [0.3, 0.4) is 0 Å². The Morgan fingerprint density at radius 3 is 2.57 bits per heavy atom. The molecule has 0 aliphatic heterocycles. The van der Waals surface area contributed by atoms with Crippen molar-refractivity contribution < 1.29 is 4.92 Å². The van der Waals surface area contributed by atoms with Crippen LogP contribution in [-0.2, 0) is 0 Å². The lowest BCUT2D eigenvalue weighted by molar-refractivity contribution is -0.385. The van der Waals surface area contributed by atoms with Crippen molar-refractivity contribution in [3.8, 4) is 0 Å². The van der Waals surface area contributed by atoms with E-state index in [1.807, 2.05) is 12.1 Å². The fraction of sp³-hybridized carbons (Fsp3) is 0.625. The first-order valence-corrected chi connectivity index (χ1v) is 8.25. The van der Waals surface area contributed by atoms with Gasteiger partial charge in [0.15, 0.2) is 0 Å². The Labute approximate surface area is 133 Å². The lowest BCUT2D eigenvalue weighted by atomic mass is 9.69. The SMILES string of the molecule is CC1(C)C2CCC1(C)C(Nc1ccc([N+](=O)[O-])c(Br)c1)C2. The zero-order valence-corrected chi connectivity index (χ0v) is 14.2. The first kappa shape index (κ1) is 14.8. The number of nitro benzene ring substituents is 1. The molecule has 1 N–H and O–H groups in total. The molecule has 0 amide bonds. The van der Waals surface area contributed by atoms with Crippen molar-refractivity contribution >= 4 is 27.3 Å². The molecule has 3 unspecified atom stereocenters. The molecular formula is C16H21BrN2O2. The summed E-state index contributed by atoms with van der Waals surface area (Å²) in [6, 6.07) is 5.64. The third-order valence-corrected chi connectivity index (χ3v) is 6.91. The molecule has 5 heteroatoms. The minimum absolute atomic E-state index is 0.111. The molecule has 114 valence electrons. The van der Waals surface area contributed by atoms with Crippen molar-refractivity contribution in [3.63, 3.8) is 0 Å². The van der Waals surface area contributed by atoms with E-state index in [2.05, 4.69) is 42.0 Å². The first-order chi connectivity index (χ1) is 9.75. The average Bonchev–Trinajstić information content (AvgIpc) is 2.71. The van der Waals surface area contributed by atoms with Crippen molar-refractivity contribution in [2.75, 3.05) is 5.32 Å². The summed E-state index contributed by atoms with van der Waals surface area (Å²) in [6.07, 6.45) is 3.78. The fourth-order valence-electron chi connectivity index (χ4n) is 4.37. The summed E-state index contributed by atoms with van der Waals surface area (Å²) in [6.45, 7) is 7.16. The number of benzene rings is 1. The fourth-order valence-corrected chi connectivity index (χ4v) is 4.89. The minimum atomic E-state index is -0.365. The van der Waals surface area contributed by atoms with Gasteiger partial charge in [0.1, 0.15) is 0 Å². The molecule has 1 aromatic rings. The summed E-state index contributed by atoms with van der Waals surface area (Å²) >= 11 is 3.29. The summed E-state index contributed by atoms with van der Waals surface area (Å²) in [5.74, 6) is 0.779. The Kier molecular flexibility index (Phi) is 3.32. The number of halogens is 1. The van der Waals surface area contributed by atoms with Crippen LogP contribution in [0, 0.1) is 26.9 Å². The van der Waals surface area contributed by atoms with Crippen molar-refractivity contribution in [2.24, 2.45) is 16.7 Å². The van der Waals surface area contributed by atoms with E-state index in [1.165, 1.54) is 19.3 Å². The van der Waals surface area contributed by atoms with Gasteiger partial charge in [-0.2, -0.15) is 0 Å². The van der Waals surface area contributed by atoms with Gasteiger partial charge in [-0.05, 0) is 64.1 Å². The number of hydrogen-bond acceptors (Lipinski definition) is 3. The molecule has 1 aromatic carbocycles. The molecule has 0 heterocycles. The van der Waals surface area contributed by atoms with E-state index < -0.39 is 0 Å². The molecule has 2 aliphatic carbocycles. The molecule has 2 aliphatic rings. The number of hydrogen-bond donors (Lipinski definition) is 1. The highest BCUT2D eigenvalue weighted by molar-refractivity contribution is 9.10.